The van der Waals surface area contributed by atoms with Crippen LogP contribution in [0.5, 0.6) is 0 Å². The Kier molecular flexibility index (Phi) is 5.17. The normalized spacial score (nSPS) is 14.1. The molecular weight excluding hydrogens is 192 g/mol. The molecule has 0 heterocycles. The maximum Gasteiger partial charge on any atom is 0.316 e. The van der Waals surface area contributed by atoms with Crippen molar-refractivity contribution in [2.75, 3.05) is 18.6 Å². The minimum Gasteiger partial charge on any atom is -0.481 e. The van der Waals surface area contributed by atoms with Gasteiger partial charge >= 0.3 is 5.97 Å². The second kappa shape index (κ2) is 5.34. The Morgan fingerprint density at radius 2 is 2.08 bits per heavy atom. The van der Waals surface area contributed by atoms with Crippen LogP contribution in [0, 0.1) is 0 Å². The Hall–Kier alpha value is -0.420. The number of carboxylic acids is 1. The van der Waals surface area contributed by atoms with E-state index < -0.39 is 16.8 Å². The summed E-state index contributed by atoms with van der Waals surface area (Å²) in [6, 6.07) is 0. The molecule has 0 aliphatic carbocycles. The van der Waals surface area contributed by atoms with Gasteiger partial charge in [0.15, 0.2) is 0 Å². The molecule has 0 bridgehead atoms. The molecule has 0 aromatic heterocycles. The molecule has 0 saturated heterocycles. The summed E-state index contributed by atoms with van der Waals surface area (Å²) in [5.41, 5.74) is -0.325. The number of carboxylic acid groups (broad SMARTS) is 1. The summed E-state index contributed by atoms with van der Waals surface area (Å²) < 4.78 is 16.2. The lowest BCUT2D eigenvalue weighted by molar-refractivity contribution is -0.133. The summed E-state index contributed by atoms with van der Waals surface area (Å²) in [5, 5.41) is 8.35. The van der Waals surface area contributed by atoms with Crippen LogP contribution in [-0.4, -0.2) is 39.5 Å². The average Bonchev–Trinajstić information content (AvgIpc) is 2.00. The van der Waals surface area contributed by atoms with Crippen molar-refractivity contribution in [3.8, 4) is 0 Å². The maximum atomic E-state index is 11.1. The van der Waals surface area contributed by atoms with Crippen LogP contribution in [0.2, 0.25) is 0 Å². The molecular formula is C8H16O4S. The van der Waals surface area contributed by atoms with Crippen molar-refractivity contribution in [1.29, 1.82) is 0 Å². The fourth-order valence-electron chi connectivity index (χ4n) is 0.672. The predicted octanol–water partition coefficient (Wildman–Crippen LogP) is 0.635. The molecule has 0 aromatic carbocycles. The summed E-state index contributed by atoms with van der Waals surface area (Å²) in [6.07, 6.45) is 0.601. The number of aliphatic carboxylic acids is 1. The van der Waals surface area contributed by atoms with E-state index in [0.29, 0.717) is 12.2 Å². The van der Waals surface area contributed by atoms with E-state index in [0.717, 1.165) is 0 Å². The Morgan fingerprint density at radius 3 is 2.46 bits per heavy atom. The molecule has 13 heavy (non-hydrogen) atoms. The maximum absolute atomic E-state index is 11.1. The van der Waals surface area contributed by atoms with Gasteiger partial charge in [0.25, 0.3) is 0 Å². The van der Waals surface area contributed by atoms with Gasteiger partial charge in [-0.1, -0.05) is 0 Å². The smallest absolute Gasteiger partial charge is 0.316 e. The molecule has 0 aliphatic rings. The highest BCUT2D eigenvalue weighted by Crippen LogP contribution is 2.13. The third-order valence-electron chi connectivity index (χ3n) is 1.77. The quantitative estimate of drug-likeness (QED) is 0.695. The molecule has 0 fully saturated rings. The number of carbonyl (C=O) groups is 1. The average molecular weight is 208 g/mol. The van der Waals surface area contributed by atoms with Gasteiger partial charge in [-0.2, -0.15) is 0 Å². The topological polar surface area (TPSA) is 63.6 Å². The van der Waals surface area contributed by atoms with Crippen LogP contribution in [0.3, 0.4) is 0 Å². The lowest BCUT2D eigenvalue weighted by atomic mass is 10.1. The first-order valence-corrected chi connectivity index (χ1v) is 5.48. The third-order valence-corrected chi connectivity index (χ3v) is 3.00. The number of ether oxygens (including phenoxy) is 1. The zero-order chi connectivity index (χ0) is 10.5. The van der Waals surface area contributed by atoms with E-state index in [-0.39, 0.29) is 11.4 Å². The second-order valence-electron chi connectivity index (χ2n) is 3.40. The summed E-state index contributed by atoms with van der Waals surface area (Å²) in [6.45, 7) is 3.76. The Labute approximate surface area is 80.7 Å². The minimum atomic E-state index is -1.28. The molecule has 0 rings (SSSR count). The number of hydrogen-bond donors (Lipinski definition) is 1. The number of hydrogen-bond acceptors (Lipinski definition) is 3. The lowest BCUT2D eigenvalue weighted by Gasteiger charge is -2.21. The van der Waals surface area contributed by atoms with Crippen molar-refractivity contribution in [2.24, 2.45) is 0 Å². The molecule has 78 valence electrons. The van der Waals surface area contributed by atoms with Crippen molar-refractivity contribution >= 4 is 16.8 Å². The van der Waals surface area contributed by atoms with Gasteiger partial charge in [0.2, 0.25) is 0 Å². The minimum absolute atomic E-state index is 0.278. The van der Waals surface area contributed by atoms with E-state index in [1.54, 1.807) is 7.11 Å². The fraction of sp³-hybridized carbons (Fsp3) is 0.875. The van der Waals surface area contributed by atoms with Crippen LogP contribution >= 0.6 is 0 Å². The number of methoxy groups -OCH3 is 1. The molecule has 1 atom stereocenters. The molecule has 5 heteroatoms. The van der Waals surface area contributed by atoms with Gasteiger partial charge in [0, 0.05) is 23.7 Å². The Bertz CT molecular complexity index is 200. The summed E-state index contributed by atoms with van der Waals surface area (Å²) in [4.78, 5) is 10.2. The molecule has 4 nitrogen and oxygen atoms in total. The standard InChI is InChI=1S/C8H16O4S/c1-8(2,12-3)4-5-13(11)6-7(9)10/h4-6H2,1-3H3,(H,9,10). The monoisotopic (exact) mass is 208 g/mol. The van der Waals surface area contributed by atoms with Gasteiger partial charge in [-0.25, -0.2) is 0 Å². The highest BCUT2D eigenvalue weighted by atomic mass is 32.2. The second-order valence-corrected chi connectivity index (χ2v) is 4.97. The van der Waals surface area contributed by atoms with Crippen LogP contribution in [0.15, 0.2) is 0 Å². The van der Waals surface area contributed by atoms with Crippen molar-refractivity contribution < 1.29 is 18.8 Å². The van der Waals surface area contributed by atoms with E-state index in [1.165, 1.54) is 0 Å². The number of rotatable bonds is 6. The molecule has 0 radical (unpaired) electrons. The van der Waals surface area contributed by atoms with E-state index in [9.17, 15) is 9.00 Å². The van der Waals surface area contributed by atoms with Crippen molar-refractivity contribution in [1.82, 2.24) is 0 Å². The molecule has 1 unspecified atom stereocenters. The van der Waals surface area contributed by atoms with Crippen LogP contribution < -0.4 is 0 Å². The highest BCUT2D eigenvalue weighted by molar-refractivity contribution is 7.85. The first-order valence-electron chi connectivity index (χ1n) is 3.99. The first kappa shape index (κ1) is 12.6. The van der Waals surface area contributed by atoms with E-state index in [4.69, 9.17) is 9.84 Å². The zero-order valence-electron chi connectivity index (χ0n) is 8.20. The SMILES string of the molecule is COC(C)(C)CCS(=O)CC(=O)O. The summed E-state index contributed by atoms with van der Waals surface area (Å²) >= 11 is 0. The molecule has 1 N–H and O–H groups in total. The van der Waals surface area contributed by atoms with E-state index in [2.05, 4.69) is 0 Å². The molecule has 0 amide bonds. The molecule has 0 aromatic rings. The van der Waals surface area contributed by atoms with Crippen molar-refractivity contribution in [3.63, 3.8) is 0 Å². The Balaban J connectivity index is 3.76. The van der Waals surface area contributed by atoms with Crippen molar-refractivity contribution in [3.05, 3.63) is 0 Å². The highest BCUT2D eigenvalue weighted by Gasteiger charge is 2.18. The third kappa shape index (κ3) is 6.72. The van der Waals surface area contributed by atoms with Crippen LogP contribution in [0.1, 0.15) is 20.3 Å². The van der Waals surface area contributed by atoms with E-state index >= 15 is 0 Å². The van der Waals surface area contributed by atoms with Crippen LogP contribution in [0.4, 0.5) is 0 Å². The van der Waals surface area contributed by atoms with Crippen molar-refractivity contribution in [2.45, 2.75) is 25.9 Å². The van der Waals surface area contributed by atoms with Gasteiger partial charge in [0.05, 0.1) is 5.60 Å². The summed E-state index contributed by atoms with van der Waals surface area (Å²) in [5.74, 6) is -0.930. The lowest BCUT2D eigenvalue weighted by Crippen LogP contribution is -2.26. The summed E-state index contributed by atoms with van der Waals surface area (Å²) in [7, 11) is 0.306. The van der Waals surface area contributed by atoms with Crippen LogP contribution in [0.25, 0.3) is 0 Å². The van der Waals surface area contributed by atoms with Crippen LogP contribution in [-0.2, 0) is 20.3 Å². The largest absolute Gasteiger partial charge is 0.481 e. The predicted molar refractivity (Wildman–Crippen MR) is 51.2 cm³/mol. The van der Waals surface area contributed by atoms with Gasteiger partial charge in [-0.15, -0.1) is 0 Å². The molecule has 0 aliphatic heterocycles. The van der Waals surface area contributed by atoms with E-state index in [1.807, 2.05) is 13.8 Å². The zero-order valence-corrected chi connectivity index (χ0v) is 9.02. The van der Waals surface area contributed by atoms with Gasteiger partial charge in [-0.3, -0.25) is 9.00 Å². The fourth-order valence-corrected chi connectivity index (χ4v) is 1.81. The molecule has 0 saturated carbocycles. The molecule has 0 spiro atoms. The van der Waals surface area contributed by atoms with Gasteiger partial charge in [-0.05, 0) is 20.3 Å². The Morgan fingerprint density at radius 1 is 1.54 bits per heavy atom. The first-order chi connectivity index (χ1) is 5.87. The van der Waals surface area contributed by atoms with Gasteiger partial charge in [0.1, 0.15) is 5.75 Å². The van der Waals surface area contributed by atoms with Gasteiger partial charge < -0.3 is 9.84 Å².